The second-order valence-corrected chi connectivity index (χ2v) is 5.53. The van der Waals surface area contributed by atoms with E-state index in [1.165, 1.54) is 25.3 Å². The minimum atomic E-state index is -0.283. The van der Waals surface area contributed by atoms with Crippen LogP contribution >= 0.6 is 0 Å². The Morgan fingerprint density at radius 2 is 2.27 bits per heavy atom. The molecular weight excluding hydrogens is 188 g/mol. The molecule has 3 atom stereocenters. The van der Waals surface area contributed by atoms with Crippen LogP contribution < -0.4 is 0 Å². The third-order valence-electron chi connectivity index (χ3n) is 4.61. The molecule has 2 heteroatoms. The number of carbonyl (C=O) groups is 1. The Balaban J connectivity index is 1.88. The molecule has 0 aromatic rings. The Bertz CT molecular complexity index is 278. The monoisotopic (exact) mass is 208 g/mol. The highest BCUT2D eigenvalue weighted by atomic mass is 16.5. The number of ether oxygens (including phenoxy) is 1. The van der Waals surface area contributed by atoms with Gasteiger partial charge in [-0.2, -0.15) is 0 Å². The van der Waals surface area contributed by atoms with Gasteiger partial charge in [0.05, 0.1) is 6.61 Å². The van der Waals surface area contributed by atoms with Crippen LogP contribution in [0, 0.1) is 23.2 Å². The highest BCUT2D eigenvalue weighted by Crippen LogP contribution is 2.61. The van der Waals surface area contributed by atoms with E-state index in [0.29, 0.717) is 17.9 Å². The minimum absolute atomic E-state index is 0.283. The van der Waals surface area contributed by atoms with Gasteiger partial charge in [0.2, 0.25) is 0 Å². The lowest BCUT2D eigenvalue weighted by molar-refractivity contribution is -0.151. The summed E-state index contributed by atoms with van der Waals surface area (Å²) in [6.07, 6.45) is 5.11. The van der Waals surface area contributed by atoms with Crippen molar-refractivity contribution in [1.82, 2.24) is 0 Å². The van der Waals surface area contributed by atoms with Crippen molar-refractivity contribution in [3.05, 3.63) is 12.7 Å². The van der Waals surface area contributed by atoms with Gasteiger partial charge in [0.15, 0.2) is 0 Å². The maximum Gasteiger partial charge on any atom is 0.330 e. The van der Waals surface area contributed by atoms with Crippen molar-refractivity contribution in [2.45, 2.75) is 33.1 Å². The first-order chi connectivity index (χ1) is 7.05. The lowest BCUT2D eigenvalue weighted by Crippen LogP contribution is -2.53. The van der Waals surface area contributed by atoms with Crippen LogP contribution in [0.2, 0.25) is 0 Å². The molecule has 2 bridgehead atoms. The zero-order chi connectivity index (χ0) is 11.1. The second-order valence-electron chi connectivity index (χ2n) is 5.53. The molecule has 3 fully saturated rings. The van der Waals surface area contributed by atoms with Crippen molar-refractivity contribution >= 4 is 5.97 Å². The molecule has 0 heterocycles. The summed E-state index contributed by atoms with van der Waals surface area (Å²) in [5.74, 6) is 1.96. The quantitative estimate of drug-likeness (QED) is 0.526. The fraction of sp³-hybridized carbons (Fsp3) is 0.769. The summed E-state index contributed by atoms with van der Waals surface area (Å²) in [6, 6.07) is 0. The zero-order valence-electron chi connectivity index (χ0n) is 9.66. The first kappa shape index (κ1) is 10.7. The van der Waals surface area contributed by atoms with Crippen LogP contribution in [-0.4, -0.2) is 12.6 Å². The molecule has 0 aliphatic heterocycles. The van der Waals surface area contributed by atoms with E-state index in [2.05, 4.69) is 20.4 Å². The number of fused-ring (bicyclic) bond motifs is 2. The highest BCUT2D eigenvalue weighted by molar-refractivity contribution is 5.81. The summed E-state index contributed by atoms with van der Waals surface area (Å²) in [7, 11) is 0. The number of hydrogen-bond acceptors (Lipinski definition) is 2. The normalized spacial score (nSPS) is 36.5. The average molecular weight is 208 g/mol. The molecule has 2 nitrogen and oxygen atoms in total. The van der Waals surface area contributed by atoms with Gasteiger partial charge in [-0.15, -0.1) is 0 Å². The van der Waals surface area contributed by atoms with Gasteiger partial charge in [0.25, 0.3) is 0 Å². The molecule has 0 saturated heterocycles. The summed E-state index contributed by atoms with van der Waals surface area (Å²) < 4.78 is 5.16. The van der Waals surface area contributed by atoms with Crippen molar-refractivity contribution in [3.8, 4) is 0 Å². The lowest BCUT2D eigenvalue weighted by atomic mass is 9.46. The Hall–Kier alpha value is -0.790. The van der Waals surface area contributed by atoms with Crippen molar-refractivity contribution < 1.29 is 9.53 Å². The van der Waals surface area contributed by atoms with Crippen molar-refractivity contribution in [1.29, 1.82) is 0 Å². The van der Waals surface area contributed by atoms with E-state index >= 15 is 0 Å². The summed E-state index contributed by atoms with van der Waals surface area (Å²) in [5, 5.41) is 0. The van der Waals surface area contributed by atoms with Gasteiger partial charge in [-0.05, 0) is 42.4 Å². The van der Waals surface area contributed by atoms with Gasteiger partial charge in [0.1, 0.15) is 0 Å². The van der Waals surface area contributed by atoms with E-state index in [0.717, 1.165) is 11.8 Å². The summed E-state index contributed by atoms with van der Waals surface area (Å²) >= 11 is 0. The molecule has 3 unspecified atom stereocenters. The van der Waals surface area contributed by atoms with Gasteiger partial charge >= 0.3 is 5.97 Å². The zero-order valence-corrected chi connectivity index (χ0v) is 9.66. The Labute approximate surface area is 91.7 Å². The van der Waals surface area contributed by atoms with Crippen LogP contribution in [0.4, 0.5) is 0 Å². The van der Waals surface area contributed by atoms with Crippen LogP contribution in [0.15, 0.2) is 12.7 Å². The second kappa shape index (κ2) is 3.66. The molecular formula is C13H20O2. The molecule has 0 radical (unpaired) electrons. The molecule has 15 heavy (non-hydrogen) atoms. The number of carbonyl (C=O) groups excluding carboxylic acids is 1. The van der Waals surface area contributed by atoms with Crippen molar-refractivity contribution in [3.63, 3.8) is 0 Å². The number of hydrogen-bond donors (Lipinski definition) is 0. The molecule has 3 aliphatic carbocycles. The fourth-order valence-electron chi connectivity index (χ4n) is 3.41. The molecule has 0 aromatic heterocycles. The van der Waals surface area contributed by atoms with E-state index in [9.17, 15) is 4.79 Å². The Morgan fingerprint density at radius 3 is 2.80 bits per heavy atom. The van der Waals surface area contributed by atoms with E-state index in [-0.39, 0.29) is 5.97 Å². The first-order valence-corrected chi connectivity index (χ1v) is 5.85. The maximum absolute atomic E-state index is 11.0. The van der Waals surface area contributed by atoms with Gasteiger partial charge in [-0.3, -0.25) is 0 Å². The summed E-state index contributed by atoms with van der Waals surface area (Å²) in [5.41, 5.74) is 0.476. The number of rotatable bonds is 3. The summed E-state index contributed by atoms with van der Waals surface area (Å²) in [6.45, 7) is 8.71. The van der Waals surface area contributed by atoms with Crippen molar-refractivity contribution in [2.75, 3.05) is 6.61 Å². The predicted octanol–water partition coefficient (Wildman–Crippen LogP) is 2.79. The lowest BCUT2D eigenvalue weighted by Gasteiger charge is -2.60. The molecule has 3 saturated carbocycles. The molecule has 3 rings (SSSR count). The highest BCUT2D eigenvalue weighted by Gasteiger charge is 2.54. The standard InChI is InChI=1S/C13H20O2/c1-4-12(14)15-8-9-5-6-10-7-11(9)13(10,2)3/h4,9-11H,1,5-8H2,2-3H3. The van der Waals surface area contributed by atoms with Crippen molar-refractivity contribution in [2.24, 2.45) is 23.2 Å². The van der Waals surface area contributed by atoms with Gasteiger partial charge in [-0.1, -0.05) is 20.4 Å². The third kappa shape index (κ3) is 1.70. The van der Waals surface area contributed by atoms with E-state index in [1.54, 1.807) is 0 Å². The van der Waals surface area contributed by atoms with E-state index in [1.807, 2.05) is 0 Å². The maximum atomic E-state index is 11.0. The predicted molar refractivity (Wildman–Crippen MR) is 59.3 cm³/mol. The SMILES string of the molecule is C=CC(=O)OCC1CCC2CC1C2(C)C. The van der Waals surface area contributed by atoms with Gasteiger partial charge in [-0.25, -0.2) is 4.79 Å². The van der Waals surface area contributed by atoms with Crippen LogP contribution in [0.1, 0.15) is 33.1 Å². The molecule has 0 spiro atoms. The molecule has 0 aromatic carbocycles. The smallest absolute Gasteiger partial charge is 0.330 e. The van der Waals surface area contributed by atoms with E-state index < -0.39 is 0 Å². The van der Waals surface area contributed by atoms with Gasteiger partial charge < -0.3 is 4.74 Å². The molecule has 3 aliphatic rings. The minimum Gasteiger partial charge on any atom is -0.462 e. The molecule has 0 N–H and O–H groups in total. The van der Waals surface area contributed by atoms with Crippen LogP contribution in [-0.2, 0) is 9.53 Å². The van der Waals surface area contributed by atoms with Crippen LogP contribution in [0.5, 0.6) is 0 Å². The Morgan fingerprint density at radius 1 is 1.53 bits per heavy atom. The van der Waals surface area contributed by atoms with Crippen LogP contribution in [0.3, 0.4) is 0 Å². The average Bonchev–Trinajstić information content (AvgIpc) is 2.25. The summed E-state index contributed by atoms with van der Waals surface area (Å²) in [4.78, 5) is 11.0. The third-order valence-corrected chi connectivity index (χ3v) is 4.61. The molecule has 84 valence electrons. The van der Waals surface area contributed by atoms with Crippen LogP contribution in [0.25, 0.3) is 0 Å². The first-order valence-electron chi connectivity index (χ1n) is 5.85. The Kier molecular flexibility index (Phi) is 2.61. The number of esters is 1. The van der Waals surface area contributed by atoms with Gasteiger partial charge in [0, 0.05) is 6.08 Å². The molecule has 0 amide bonds. The fourth-order valence-corrected chi connectivity index (χ4v) is 3.41. The largest absolute Gasteiger partial charge is 0.462 e. The van der Waals surface area contributed by atoms with E-state index in [4.69, 9.17) is 4.74 Å². The topological polar surface area (TPSA) is 26.3 Å².